The maximum atomic E-state index is 13.7. The van der Waals surface area contributed by atoms with E-state index in [9.17, 15) is 19.2 Å². The third-order valence-electron chi connectivity index (χ3n) is 3.99. The van der Waals surface area contributed by atoms with E-state index < -0.39 is 23.4 Å². The lowest BCUT2D eigenvalue weighted by atomic mass is 10.0. The van der Waals surface area contributed by atoms with Crippen LogP contribution in [-0.4, -0.2) is 16.3 Å². The number of amides is 1. The molecule has 2 aromatic carbocycles. The largest absolute Gasteiger partial charge is 0.341 e. The summed E-state index contributed by atoms with van der Waals surface area (Å²) in [7, 11) is 1.69. The molecule has 0 saturated carbocycles. The maximum absolute atomic E-state index is 13.7. The van der Waals surface area contributed by atoms with Crippen molar-refractivity contribution in [3.05, 3.63) is 66.1 Å². The number of nitriles is 1. The first-order chi connectivity index (χ1) is 12.0. The normalized spacial score (nSPS) is 11.7. The van der Waals surface area contributed by atoms with Crippen LogP contribution in [0.2, 0.25) is 0 Å². The fourth-order valence-electron chi connectivity index (χ4n) is 2.68. The van der Waals surface area contributed by atoms with E-state index in [2.05, 4.69) is 5.32 Å². The number of nitrogens with one attached hydrogen (secondary N) is 1. The number of halogens is 1. The SMILES string of the molecule is Cn1c(C(=O)[C@H](C#N)C(=O)Nc2ccccc2F)cc2ccccc21. The number of fused-ring (bicyclic) bond motifs is 1. The van der Waals surface area contributed by atoms with Gasteiger partial charge in [0.05, 0.1) is 17.5 Å². The molecule has 124 valence electrons. The molecule has 5 nitrogen and oxygen atoms in total. The van der Waals surface area contributed by atoms with E-state index in [4.69, 9.17) is 0 Å². The van der Waals surface area contributed by atoms with Crippen molar-refractivity contribution < 1.29 is 14.0 Å². The Balaban J connectivity index is 1.91. The molecule has 3 rings (SSSR count). The van der Waals surface area contributed by atoms with Crippen LogP contribution in [0.4, 0.5) is 10.1 Å². The summed E-state index contributed by atoms with van der Waals surface area (Å²) >= 11 is 0. The van der Waals surface area contributed by atoms with Crippen molar-refractivity contribution in [1.29, 1.82) is 5.26 Å². The molecule has 0 saturated heterocycles. The number of carbonyl (C=O) groups is 2. The second-order valence-electron chi connectivity index (χ2n) is 5.54. The second-order valence-corrected chi connectivity index (χ2v) is 5.54. The average Bonchev–Trinajstić information content (AvgIpc) is 2.95. The van der Waals surface area contributed by atoms with Gasteiger partial charge in [0.25, 0.3) is 0 Å². The molecule has 3 aromatic rings. The van der Waals surface area contributed by atoms with E-state index in [1.54, 1.807) is 29.8 Å². The van der Waals surface area contributed by atoms with Gasteiger partial charge in [-0.15, -0.1) is 0 Å². The Morgan fingerprint density at radius 1 is 1.16 bits per heavy atom. The predicted molar refractivity (Wildman–Crippen MR) is 91.4 cm³/mol. The van der Waals surface area contributed by atoms with Crippen LogP contribution in [0.5, 0.6) is 0 Å². The van der Waals surface area contributed by atoms with Crippen LogP contribution in [0.15, 0.2) is 54.6 Å². The molecular formula is C19H14FN3O2. The molecule has 0 unspecified atom stereocenters. The number of hydrogen-bond acceptors (Lipinski definition) is 3. The zero-order valence-electron chi connectivity index (χ0n) is 13.4. The summed E-state index contributed by atoms with van der Waals surface area (Å²) in [5.74, 6) is -3.69. The lowest BCUT2D eigenvalue weighted by Gasteiger charge is -2.11. The fourth-order valence-corrected chi connectivity index (χ4v) is 2.68. The van der Waals surface area contributed by atoms with Gasteiger partial charge in [-0.3, -0.25) is 9.59 Å². The summed E-state index contributed by atoms with van der Waals surface area (Å²) < 4.78 is 15.3. The average molecular weight is 335 g/mol. The molecule has 1 N–H and O–H groups in total. The molecule has 25 heavy (non-hydrogen) atoms. The Morgan fingerprint density at radius 3 is 2.52 bits per heavy atom. The van der Waals surface area contributed by atoms with E-state index in [1.807, 2.05) is 24.3 Å². The van der Waals surface area contributed by atoms with Crippen LogP contribution in [0.25, 0.3) is 10.9 Å². The van der Waals surface area contributed by atoms with Gasteiger partial charge >= 0.3 is 0 Å². The van der Waals surface area contributed by atoms with Crippen molar-refractivity contribution in [2.75, 3.05) is 5.32 Å². The van der Waals surface area contributed by atoms with E-state index in [-0.39, 0.29) is 11.4 Å². The molecular weight excluding hydrogens is 321 g/mol. The highest BCUT2D eigenvalue weighted by Gasteiger charge is 2.30. The lowest BCUT2D eigenvalue weighted by molar-refractivity contribution is -0.117. The minimum Gasteiger partial charge on any atom is -0.341 e. The van der Waals surface area contributed by atoms with Crippen molar-refractivity contribution in [3.63, 3.8) is 0 Å². The molecule has 0 fully saturated rings. The number of Topliss-reactive ketones (excluding diaryl/α,β-unsaturated/α-hetero) is 1. The first-order valence-electron chi connectivity index (χ1n) is 7.56. The Hall–Kier alpha value is -3.46. The highest BCUT2D eigenvalue weighted by molar-refractivity contribution is 6.16. The summed E-state index contributed by atoms with van der Waals surface area (Å²) in [6.45, 7) is 0. The van der Waals surface area contributed by atoms with Gasteiger partial charge in [-0.25, -0.2) is 4.39 Å². The fraction of sp³-hybridized carbons (Fsp3) is 0.105. The minimum atomic E-state index is -1.57. The van der Waals surface area contributed by atoms with E-state index in [0.717, 1.165) is 10.9 Å². The summed E-state index contributed by atoms with van der Waals surface area (Å²) in [5, 5.41) is 12.4. The number of ketones is 1. The van der Waals surface area contributed by atoms with Crippen molar-refractivity contribution in [2.45, 2.75) is 0 Å². The Morgan fingerprint density at radius 2 is 1.84 bits per heavy atom. The molecule has 1 aromatic heterocycles. The molecule has 0 radical (unpaired) electrons. The van der Waals surface area contributed by atoms with Crippen LogP contribution in [0.1, 0.15) is 10.5 Å². The van der Waals surface area contributed by atoms with Gasteiger partial charge in [-0.2, -0.15) is 5.26 Å². The van der Waals surface area contributed by atoms with Gasteiger partial charge in [0.15, 0.2) is 5.92 Å². The van der Waals surface area contributed by atoms with Crippen LogP contribution in [0, 0.1) is 23.1 Å². The third-order valence-corrected chi connectivity index (χ3v) is 3.99. The van der Waals surface area contributed by atoms with Crippen molar-refractivity contribution in [3.8, 4) is 6.07 Å². The Bertz CT molecular complexity index is 1020. The smallest absolute Gasteiger partial charge is 0.249 e. The number of aromatic nitrogens is 1. The number of nitrogens with zero attached hydrogens (tertiary/aromatic N) is 2. The molecule has 0 aliphatic heterocycles. The van der Waals surface area contributed by atoms with Gasteiger partial charge in [0.1, 0.15) is 5.82 Å². The molecule has 0 bridgehead atoms. The summed E-state index contributed by atoms with van der Waals surface area (Å²) in [6.07, 6.45) is 0. The van der Waals surface area contributed by atoms with Crippen LogP contribution < -0.4 is 5.32 Å². The van der Waals surface area contributed by atoms with Crippen molar-refractivity contribution in [1.82, 2.24) is 4.57 Å². The summed E-state index contributed by atoms with van der Waals surface area (Å²) in [6, 6.07) is 16.3. The topological polar surface area (TPSA) is 74.9 Å². The third kappa shape index (κ3) is 3.00. The zero-order valence-corrected chi connectivity index (χ0v) is 13.4. The molecule has 0 spiro atoms. The molecule has 1 atom stereocenters. The van der Waals surface area contributed by atoms with Gasteiger partial charge in [-0.1, -0.05) is 30.3 Å². The summed E-state index contributed by atoms with van der Waals surface area (Å²) in [5.41, 5.74) is 0.992. The minimum absolute atomic E-state index is 0.0717. The number of carbonyl (C=O) groups excluding carboxylic acids is 2. The van der Waals surface area contributed by atoms with E-state index in [1.165, 1.54) is 18.2 Å². The Labute approximate surface area is 143 Å². The molecule has 6 heteroatoms. The van der Waals surface area contributed by atoms with Crippen molar-refractivity contribution in [2.24, 2.45) is 13.0 Å². The van der Waals surface area contributed by atoms with Crippen LogP contribution in [0.3, 0.4) is 0 Å². The predicted octanol–water partition coefficient (Wildman–Crippen LogP) is 3.28. The number of aryl methyl sites for hydroxylation is 1. The Kier molecular flexibility index (Phi) is 4.31. The molecule has 1 amide bonds. The van der Waals surface area contributed by atoms with E-state index >= 15 is 0 Å². The van der Waals surface area contributed by atoms with E-state index in [0.29, 0.717) is 0 Å². The highest BCUT2D eigenvalue weighted by atomic mass is 19.1. The second kappa shape index (κ2) is 6.57. The first-order valence-corrected chi connectivity index (χ1v) is 7.56. The van der Waals surface area contributed by atoms with Crippen LogP contribution >= 0.6 is 0 Å². The number of hydrogen-bond donors (Lipinski definition) is 1. The zero-order chi connectivity index (χ0) is 18.0. The van der Waals surface area contributed by atoms with Gasteiger partial charge in [0.2, 0.25) is 11.7 Å². The first kappa shape index (κ1) is 16.4. The summed E-state index contributed by atoms with van der Waals surface area (Å²) in [4.78, 5) is 25.0. The number of para-hydroxylation sites is 2. The number of benzene rings is 2. The quantitative estimate of drug-likeness (QED) is 0.587. The highest BCUT2D eigenvalue weighted by Crippen LogP contribution is 2.22. The monoisotopic (exact) mass is 335 g/mol. The standard InChI is InChI=1S/C19H14FN3O2/c1-23-16-9-5-2-6-12(16)10-17(23)18(24)13(11-21)19(25)22-15-8-4-3-7-14(15)20/h2-10,13H,1H3,(H,22,25)/t13-/m0/s1. The molecule has 1 heterocycles. The van der Waals surface area contributed by atoms with Gasteiger partial charge in [0, 0.05) is 18.0 Å². The lowest BCUT2D eigenvalue weighted by Crippen LogP contribution is -2.30. The maximum Gasteiger partial charge on any atom is 0.249 e. The molecule has 0 aliphatic rings. The number of rotatable bonds is 4. The molecule has 0 aliphatic carbocycles. The van der Waals surface area contributed by atoms with Crippen molar-refractivity contribution >= 4 is 28.3 Å². The van der Waals surface area contributed by atoms with Gasteiger partial charge < -0.3 is 9.88 Å². The van der Waals surface area contributed by atoms with Crippen LogP contribution in [-0.2, 0) is 11.8 Å². The van der Waals surface area contributed by atoms with Gasteiger partial charge in [-0.05, 0) is 24.3 Å². The number of anilines is 1.